The van der Waals surface area contributed by atoms with E-state index in [-0.39, 0.29) is 17.7 Å². The summed E-state index contributed by atoms with van der Waals surface area (Å²) in [6.45, 7) is 0.577. The highest BCUT2D eigenvalue weighted by atomic mass is 32.1. The van der Waals surface area contributed by atoms with E-state index in [9.17, 15) is 9.90 Å². The van der Waals surface area contributed by atoms with E-state index < -0.39 is 5.97 Å². The van der Waals surface area contributed by atoms with E-state index in [0.717, 1.165) is 46.6 Å². The molecule has 1 fully saturated rings. The largest absolute Gasteiger partial charge is 0.478 e. The number of carbonyl (C=O) groups is 1. The van der Waals surface area contributed by atoms with Gasteiger partial charge in [-0.25, -0.2) is 19.7 Å². The molecule has 8 nitrogen and oxygen atoms in total. The van der Waals surface area contributed by atoms with Gasteiger partial charge in [-0.15, -0.1) is 0 Å². The van der Waals surface area contributed by atoms with E-state index in [1.54, 1.807) is 17.7 Å². The lowest BCUT2D eigenvalue weighted by molar-refractivity contribution is 0.0696. The zero-order valence-electron chi connectivity index (χ0n) is 16.2. The van der Waals surface area contributed by atoms with E-state index in [4.69, 9.17) is 5.11 Å². The van der Waals surface area contributed by atoms with Gasteiger partial charge in [0.2, 0.25) is 0 Å². The van der Waals surface area contributed by atoms with Crippen molar-refractivity contribution in [3.63, 3.8) is 0 Å². The van der Waals surface area contributed by atoms with Crippen molar-refractivity contribution in [1.82, 2.24) is 19.5 Å². The number of anilines is 1. The molecule has 0 radical (unpaired) electrons. The summed E-state index contributed by atoms with van der Waals surface area (Å²) in [5, 5.41) is 23.5. The number of fused-ring (bicyclic) bond motifs is 2. The molecule has 0 amide bonds. The summed E-state index contributed by atoms with van der Waals surface area (Å²) in [5.41, 5.74) is 3.35. The quantitative estimate of drug-likeness (QED) is 0.450. The molecule has 0 aliphatic heterocycles. The summed E-state index contributed by atoms with van der Waals surface area (Å²) in [5.74, 6) is -1.01. The highest BCUT2D eigenvalue weighted by Crippen LogP contribution is 2.30. The molecule has 30 heavy (non-hydrogen) atoms. The van der Waals surface area contributed by atoms with E-state index in [2.05, 4.69) is 26.3 Å². The lowest BCUT2D eigenvalue weighted by Crippen LogP contribution is -2.36. The number of hydrogen-bond donors (Lipinski definition) is 3. The van der Waals surface area contributed by atoms with Crippen LogP contribution < -0.4 is 5.32 Å². The van der Waals surface area contributed by atoms with Crippen LogP contribution in [0.4, 0.5) is 5.13 Å². The van der Waals surface area contributed by atoms with Crippen molar-refractivity contribution >= 4 is 43.8 Å². The third-order valence-electron chi connectivity index (χ3n) is 5.55. The molecule has 2 atom stereocenters. The van der Waals surface area contributed by atoms with Crippen LogP contribution in [0.25, 0.3) is 21.4 Å². The van der Waals surface area contributed by atoms with Gasteiger partial charge < -0.3 is 20.1 Å². The van der Waals surface area contributed by atoms with Crippen molar-refractivity contribution in [2.24, 2.45) is 0 Å². The number of rotatable bonds is 5. The van der Waals surface area contributed by atoms with Crippen LogP contribution >= 0.6 is 11.3 Å². The molecule has 0 spiro atoms. The Morgan fingerprint density at radius 2 is 2.07 bits per heavy atom. The second-order valence-corrected chi connectivity index (χ2v) is 8.70. The molecule has 1 aliphatic rings. The van der Waals surface area contributed by atoms with Gasteiger partial charge in [0.15, 0.2) is 10.8 Å². The van der Waals surface area contributed by atoms with Gasteiger partial charge in [0.25, 0.3) is 0 Å². The van der Waals surface area contributed by atoms with Gasteiger partial charge >= 0.3 is 5.97 Å². The molecule has 1 saturated carbocycles. The number of nitrogens with one attached hydrogen (secondary N) is 1. The molecule has 4 aromatic rings. The predicted molar refractivity (Wildman–Crippen MR) is 115 cm³/mol. The number of hydrogen-bond acceptors (Lipinski definition) is 7. The first kappa shape index (κ1) is 19.0. The fourth-order valence-corrected chi connectivity index (χ4v) is 4.94. The molecular formula is C21H21N5O3S. The Bertz CT molecular complexity index is 1230. The van der Waals surface area contributed by atoms with Crippen molar-refractivity contribution in [2.45, 2.75) is 44.4 Å². The third kappa shape index (κ3) is 3.61. The van der Waals surface area contributed by atoms with Gasteiger partial charge in [0.1, 0.15) is 5.52 Å². The number of aromatic nitrogens is 4. The maximum absolute atomic E-state index is 11.1. The standard InChI is InChI=1S/C21H21N5O3S/c27-17-4-2-1-3-14(17)24-21-25-15-6-5-12(7-18(15)30-21)10-26-11-23-16-8-13(20(28)29)9-22-19(16)26/h5-9,11,14,17,27H,1-4,10H2,(H,24,25)(H,28,29)/t14-,17-/m1/s1. The second-order valence-electron chi connectivity index (χ2n) is 7.67. The molecule has 154 valence electrons. The van der Waals surface area contributed by atoms with Crippen molar-refractivity contribution in [3.05, 3.63) is 47.9 Å². The number of aliphatic hydroxyl groups excluding tert-OH is 1. The number of pyridine rings is 1. The van der Waals surface area contributed by atoms with Crippen LogP contribution in [0.2, 0.25) is 0 Å². The zero-order chi connectivity index (χ0) is 20.7. The van der Waals surface area contributed by atoms with E-state index in [1.807, 2.05) is 16.7 Å². The molecule has 3 N–H and O–H groups in total. The Morgan fingerprint density at radius 1 is 1.20 bits per heavy atom. The minimum atomic E-state index is -1.01. The number of thiazole rings is 1. The molecule has 3 heterocycles. The van der Waals surface area contributed by atoms with E-state index >= 15 is 0 Å². The van der Waals surface area contributed by atoms with Crippen LogP contribution in [0, 0.1) is 0 Å². The van der Waals surface area contributed by atoms with Gasteiger partial charge in [-0.2, -0.15) is 0 Å². The maximum atomic E-state index is 11.1. The first-order valence-electron chi connectivity index (χ1n) is 9.95. The molecule has 9 heteroatoms. The van der Waals surface area contributed by atoms with E-state index in [0.29, 0.717) is 17.7 Å². The van der Waals surface area contributed by atoms with Crippen LogP contribution in [0.5, 0.6) is 0 Å². The van der Waals surface area contributed by atoms with Gasteiger partial charge in [0, 0.05) is 6.20 Å². The summed E-state index contributed by atoms with van der Waals surface area (Å²) in [6, 6.07) is 7.73. The minimum Gasteiger partial charge on any atom is -0.478 e. The van der Waals surface area contributed by atoms with Crippen LogP contribution in [0.3, 0.4) is 0 Å². The summed E-state index contributed by atoms with van der Waals surface area (Å²) < 4.78 is 2.98. The smallest absolute Gasteiger partial charge is 0.337 e. The summed E-state index contributed by atoms with van der Waals surface area (Å²) >= 11 is 1.59. The third-order valence-corrected chi connectivity index (χ3v) is 6.50. The number of carboxylic acid groups (broad SMARTS) is 1. The average Bonchev–Trinajstić information content (AvgIpc) is 3.32. The van der Waals surface area contributed by atoms with Crippen molar-refractivity contribution < 1.29 is 15.0 Å². The van der Waals surface area contributed by atoms with Crippen LogP contribution in [-0.4, -0.2) is 47.8 Å². The molecule has 0 unspecified atom stereocenters. The summed E-state index contributed by atoms with van der Waals surface area (Å²) in [4.78, 5) is 24.3. The van der Waals surface area contributed by atoms with Gasteiger partial charge in [0.05, 0.1) is 40.8 Å². The first-order chi connectivity index (χ1) is 14.6. The minimum absolute atomic E-state index is 0.0675. The first-order valence-corrected chi connectivity index (χ1v) is 10.8. The van der Waals surface area contributed by atoms with Crippen molar-refractivity contribution in [2.75, 3.05) is 5.32 Å². The number of aromatic carboxylic acids is 1. The maximum Gasteiger partial charge on any atom is 0.337 e. The molecule has 1 aromatic carbocycles. The number of aliphatic hydroxyl groups is 1. The molecular weight excluding hydrogens is 402 g/mol. The normalized spacial score (nSPS) is 19.4. The Kier molecular flexibility index (Phi) is 4.84. The fraction of sp³-hybridized carbons (Fsp3) is 0.333. The lowest BCUT2D eigenvalue weighted by Gasteiger charge is -2.27. The Balaban J connectivity index is 1.37. The predicted octanol–water partition coefficient (Wildman–Crippen LogP) is 3.50. The average molecular weight is 423 g/mol. The Hall–Kier alpha value is -3.04. The molecule has 3 aromatic heterocycles. The van der Waals surface area contributed by atoms with Gasteiger partial charge in [-0.1, -0.05) is 30.2 Å². The molecule has 5 rings (SSSR count). The highest BCUT2D eigenvalue weighted by Gasteiger charge is 2.23. The molecule has 0 bridgehead atoms. The van der Waals surface area contributed by atoms with Gasteiger partial charge in [-0.05, 0) is 36.6 Å². The summed E-state index contributed by atoms with van der Waals surface area (Å²) in [6.07, 6.45) is 6.73. The lowest BCUT2D eigenvalue weighted by atomic mass is 9.93. The number of nitrogens with zero attached hydrogens (tertiary/aromatic N) is 4. The van der Waals surface area contributed by atoms with Crippen molar-refractivity contribution in [1.29, 1.82) is 0 Å². The highest BCUT2D eigenvalue weighted by molar-refractivity contribution is 7.22. The monoisotopic (exact) mass is 423 g/mol. The van der Waals surface area contributed by atoms with E-state index in [1.165, 1.54) is 12.3 Å². The van der Waals surface area contributed by atoms with Gasteiger partial charge in [-0.3, -0.25) is 0 Å². The fourth-order valence-electron chi connectivity index (χ4n) is 3.95. The number of carboxylic acids is 1. The zero-order valence-corrected chi connectivity index (χ0v) is 17.0. The molecule has 0 saturated heterocycles. The van der Waals surface area contributed by atoms with Crippen LogP contribution in [0.1, 0.15) is 41.6 Å². The topological polar surface area (TPSA) is 113 Å². The number of benzene rings is 1. The summed E-state index contributed by atoms with van der Waals surface area (Å²) in [7, 11) is 0. The SMILES string of the molecule is O=C(O)c1cnc2c(c1)ncn2Cc1ccc2nc(N[C@@H]3CCCC[C@H]3O)sc2c1. The second kappa shape index (κ2) is 7.66. The number of imidazole rings is 1. The van der Waals surface area contributed by atoms with Crippen LogP contribution in [0.15, 0.2) is 36.8 Å². The Labute approximate surface area is 176 Å². The molecule has 1 aliphatic carbocycles. The van der Waals surface area contributed by atoms with Crippen LogP contribution in [-0.2, 0) is 6.54 Å². The van der Waals surface area contributed by atoms with Crippen molar-refractivity contribution in [3.8, 4) is 0 Å². The Morgan fingerprint density at radius 3 is 2.90 bits per heavy atom.